The van der Waals surface area contributed by atoms with Gasteiger partial charge in [-0.3, -0.25) is 9.78 Å². The van der Waals surface area contributed by atoms with Gasteiger partial charge in [0.15, 0.2) is 0 Å². The highest BCUT2D eigenvalue weighted by molar-refractivity contribution is 5.92. The quantitative estimate of drug-likeness (QED) is 0.942. The zero-order valence-corrected chi connectivity index (χ0v) is 13.5. The van der Waals surface area contributed by atoms with Crippen LogP contribution in [-0.2, 0) is 4.79 Å². The summed E-state index contributed by atoms with van der Waals surface area (Å²) in [4.78, 5) is 27.5. The summed E-state index contributed by atoms with van der Waals surface area (Å²) in [6.07, 6.45) is 4.98. The van der Waals surface area contributed by atoms with Gasteiger partial charge in [0.05, 0.1) is 0 Å². The van der Waals surface area contributed by atoms with E-state index in [2.05, 4.69) is 25.2 Å². The maximum atomic E-state index is 12.3. The van der Waals surface area contributed by atoms with Crippen LogP contribution in [0.25, 0.3) is 0 Å². The summed E-state index contributed by atoms with van der Waals surface area (Å²) in [7, 11) is 0. The zero-order valence-electron chi connectivity index (χ0n) is 13.5. The maximum Gasteiger partial charge on any atom is 0.227 e. The maximum absolute atomic E-state index is 12.3. The van der Waals surface area contributed by atoms with E-state index in [9.17, 15) is 4.79 Å². The van der Waals surface area contributed by atoms with Crippen molar-refractivity contribution in [3.63, 3.8) is 0 Å². The van der Waals surface area contributed by atoms with Crippen LogP contribution in [-0.4, -0.2) is 33.9 Å². The van der Waals surface area contributed by atoms with E-state index >= 15 is 0 Å². The number of nitrogens with zero attached hydrogens (tertiary/aromatic N) is 4. The second-order valence-corrected chi connectivity index (χ2v) is 5.94. The van der Waals surface area contributed by atoms with Gasteiger partial charge in [-0.05, 0) is 44.9 Å². The van der Waals surface area contributed by atoms with Crippen LogP contribution in [0.15, 0.2) is 30.6 Å². The first-order chi connectivity index (χ1) is 11.1. The van der Waals surface area contributed by atoms with Crippen LogP contribution in [0.2, 0.25) is 0 Å². The molecule has 1 aliphatic rings. The summed E-state index contributed by atoms with van der Waals surface area (Å²) in [5.74, 6) is 0.887. The molecule has 0 aliphatic carbocycles. The van der Waals surface area contributed by atoms with Crippen molar-refractivity contribution >= 4 is 17.5 Å². The van der Waals surface area contributed by atoms with Crippen molar-refractivity contribution < 1.29 is 4.79 Å². The molecule has 2 aromatic rings. The molecule has 0 saturated carbocycles. The number of aromatic nitrogens is 3. The fourth-order valence-electron chi connectivity index (χ4n) is 2.87. The number of carbonyl (C=O) groups excluding carboxylic acids is 1. The van der Waals surface area contributed by atoms with E-state index in [4.69, 9.17) is 0 Å². The Balaban J connectivity index is 1.58. The van der Waals surface area contributed by atoms with Gasteiger partial charge in [-0.2, -0.15) is 0 Å². The first-order valence-electron chi connectivity index (χ1n) is 7.90. The molecule has 1 amide bonds. The minimum absolute atomic E-state index is 0.0327. The topological polar surface area (TPSA) is 71.0 Å². The Labute approximate surface area is 136 Å². The molecule has 0 spiro atoms. The third-order valence-corrected chi connectivity index (χ3v) is 4.07. The van der Waals surface area contributed by atoms with Crippen molar-refractivity contribution in [3.8, 4) is 0 Å². The number of amides is 1. The first-order valence-corrected chi connectivity index (χ1v) is 7.90. The smallest absolute Gasteiger partial charge is 0.227 e. The predicted molar refractivity (Wildman–Crippen MR) is 89.3 cm³/mol. The van der Waals surface area contributed by atoms with Crippen LogP contribution in [0, 0.1) is 19.8 Å². The number of piperidine rings is 1. The molecule has 2 aromatic heterocycles. The van der Waals surface area contributed by atoms with Crippen LogP contribution in [0.5, 0.6) is 0 Å². The Morgan fingerprint density at radius 2 is 1.74 bits per heavy atom. The van der Waals surface area contributed by atoms with E-state index in [0.29, 0.717) is 0 Å². The molecule has 1 aliphatic heterocycles. The van der Waals surface area contributed by atoms with E-state index in [-0.39, 0.29) is 11.8 Å². The molecule has 1 saturated heterocycles. The fourth-order valence-corrected chi connectivity index (χ4v) is 2.87. The molecular formula is C17H21N5O. The SMILES string of the molecule is Cc1cc(C)nc(N2CCC(C(=O)Nc3ccncc3)CC2)n1. The minimum atomic E-state index is 0.0327. The molecule has 6 nitrogen and oxygen atoms in total. The molecule has 0 unspecified atom stereocenters. The third kappa shape index (κ3) is 3.83. The van der Waals surface area contributed by atoms with Gasteiger partial charge in [0.1, 0.15) is 0 Å². The van der Waals surface area contributed by atoms with Gasteiger partial charge >= 0.3 is 0 Å². The molecule has 0 bridgehead atoms. The van der Waals surface area contributed by atoms with Gasteiger partial charge in [0, 0.05) is 48.5 Å². The Bertz CT molecular complexity index is 660. The van der Waals surface area contributed by atoms with Gasteiger partial charge in [-0.15, -0.1) is 0 Å². The third-order valence-electron chi connectivity index (χ3n) is 4.07. The fraction of sp³-hybridized carbons (Fsp3) is 0.412. The lowest BCUT2D eigenvalue weighted by Crippen LogP contribution is -2.39. The van der Waals surface area contributed by atoms with Crippen molar-refractivity contribution in [1.29, 1.82) is 0 Å². The normalized spacial score (nSPS) is 15.5. The number of hydrogen-bond donors (Lipinski definition) is 1. The standard InChI is InChI=1S/C17H21N5O/c1-12-11-13(2)20-17(19-12)22-9-5-14(6-10-22)16(23)21-15-3-7-18-8-4-15/h3-4,7-8,11,14H,5-6,9-10H2,1-2H3,(H,18,21,23). The Morgan fingerprint density at radius 3 is 2.35 bits per heavy atom. The van der Waals surface area contributed by atoms with E-state index in [1.807, 2.05) is 19.9 Å². The van der Waals surface area contributed by atoms with E-state index in [1.54, 1.807) is 24.5 Å². The van der Waals surface area contributed by atoms with Gasteiger partial charge in [-0.1, -0.05) is 0 Å². The second-order valence-electron chi connectivity index (χ2n) is 5.94. The van der Waals surface area contributed by atoms with Gasteiger partial charge in [0.2, 0.25) is 11.9 Å². The molecule has 0 atom stereocenters. The van der Waals surface area contributed by atoms with Gasteiger partial charge < -0.3 is 10.2 Å². The van der Waals surface area contributed by atoms with Crippen molar-refractivity contribution in [1.82, 2.24) is 15.0 Å². The molecule has 6 heteroatoms. The summed E-state index contributed by atoms with van der Waals surface area (Å²) >= 11 is 0. The monoisotopic (exact) mass is 311 g/mol. The Hall–Kier alpha value is -2.50. The van der Waals surface area contributed by atoms with Crippen LogP contribution >= 0.6 is 0 Å². The van der Waals surface area contributed by atoms with Gasteiger partial charge in [0.25, 0.3) is 0 Å². The molecule has 0 radical (unpaired) electrons. The van der Waals surface area contributed by atoms with Crippen LogP contribution in [0.1, 0.15) is 24.2 Å². The number of pyridine rings is 1. The Kier molecular flexibility index (Phi) is 4.50. The van der Waals surface area contributed by atoms with Crippen molar-refractivity contribution in [2.24, 2.45) is 5.92 Å². The summed E-state index contributed by atoms with van der Waals surface area (Å²) in [6, 6.07) is 5.57. The lowest BCUT2D eigenvalue weighted by molar-refractivity contribution is -0.120. The number of aryl methyl sites for hydroxylation is 2. The second kappa shape index (κ2) is 6.73. The number of rotatable bonds is 3. The molecule has 3 rings (SSSR count). The summed E-state index contributed by atoms with van der Waals surface area (Å²) in [5.41, 5.74) is 2.75. The predicted octanol–water partition coefficient (Wildman–Crippen LogP) is 2.34. The summed E-state index contributed by atoms with van der Waals surface area (Å²) in [5, 5.41) is 2.96. The zero-order chi connectivity index (χ0) is 16.2. The van der Waals surface area contributed by atoms with Crippen LogP contribution in [0.4, 0.5) is 11.6 Å². The van der Waals surface area contributed by atoms with Crippen LogP contribution < -0.4 is 10.2 Å². The molecule has 1 fully saturated rings. The highest BCUT2D eigenvalue weighted by atomic mass is 16.1. The average Bonchev–Trinajstić information content (AvgIpc) is 2.55. The minimum Gasteiger partial charge on any atom is -0.341 e. The summed E-state index contributed by atoms with van der Waals surface area (Å²) < 4.78 is 0. The number of anilines is 2. The first kappa shape index (κ1) is 15.4. The van der Waals surface area contributed by atoms with E-state index in [0.717, 1.165) is 49.0 Å². The van der Waals surface area contributed by atoms with E-state index in [1.165, 1.54) is 0 Å². The molecule has 3 heterocycles. The highest BCUT2D eigenvalue weighted by Crippen LogP contribution is 2.22. The van der Waals surface area contributed by atoms with Crippen molar-refractivity contribution in [2.75, 3.05) is 23.3 Å². The summed E-state index contributed by atoms with van der Waals surface area (Å²) in [6.45, 7) is 5.56. The van der Waals surface area contributed by atoms with Crippen molar-refractivity contribution in [2.45, 2.75) is 26.7 Å². The molecule has 1 N–H and O–H groups in total. The highest BCUT2D eigenvalue weighted by Gasteiger charge is 2.26. The van der Waals surface area contributed by atoms with Gasteiger partial charge in [-0.25, -0.2) is 9.97 Å². The molecule has 120 valence electrons. The van der Waals surface area contributed by atoms with Crippen molar-refractivity contribution in [3.05, 3.63) is 42.0 Å². The molecule has 23 heavy (non-hydrogen) atoms. The average molecular weight is 311 g/mol. The van der Waals surface area contributed by atoms with Crippen LogP contribution in [0.3, 0.4) is 0 Å². The molecule has 0 aromatic carbocycles. The Morgan fingerprint density at radius 1 is 1.13 bits per heavy atom. The number of hydrogen-bond acceptors (Lipinski definition) is 5. The van der Waals surface area contributed by atoms with E-state index < -0.39 is 0 Å². The largest absolute Gasteiger partial charge is 0.341 e. The lowest BCUT2D eigenvalue weighted by Gasteiger charge is -2.31. The number of carbonyl (C=O) groups is 1. The lowest BCUT2D eigenvalue weighted by atomic mass is 9.96. The molecular weight excluding hydrogens is 290 g/mol. The number of nitrogens with one attached hydrogen (secondary N) is 1.